The van der Waals surface area contributed by atoms with Crippen LogP contribution in [0.3, 0.4) is 0 Å². The zero-order valence-electron chi connectivity index (χ0n) is 10.8. The number of carbonyl (C=O) groups is 1. The number of nitrogens with one attached hydrogen (secondary N) is 1. The molecule has 0 aliphatic heterocycles. The topological polar surface area (TPSA) is 78.9 Å². The van der Waals surface area contributed by atoms with E-state index in [-0.39, 0.29) is 11.3 Å². The molecule has 0 radical (unpaired) electrons. The second-order valence-electron chi connectivity index (χ2n) is 4.33. The van der Waals surface area contributed by atoms with Crippen LogP contribution in [0.25, 0.3) is 0 Å². The molecule has 0 spiro atoms. The molecule has 0 saturated heterocycles. The van der Waals surface area contributed by atoms with Gasteiger partial charge in [-0.1, -0.05) is 6.07 Å². The number of nitriles is 1. The molecule has 0 aromatic heterocycles. The van der Waals surface area contributed by atoms with Crippen LogP contribution in [0.2, 0.25) is 0 Å². The van der Waals surface area contributed by atoms with E-state index in [0.29, 0.717) is 11.3 Å². The van der Waals surface area contributed by atoms with Crippen LogP contribution in [0, 0.1) is 24.1 Å². The van der Waals surface area contributed by atoms with Gasteiger partial charge in [0.25, 0.3) is 5.91 Å². The van der Waals surface area contributed by atoms with E-state index in [4.69, 9.17) is 11.0 Å². The van der Waals surface area contributed by atoms with Crippen LogP contribution < -0.4 is 11.1 Å². The maximum absolute atomic E-state index is 13.0. The molecule has 100 valence electrons. The molecule has 5 heteroatoms. The van der Waals surface area contributed by atoms with E-state index in [1.54, 1.807) is 18.2 Å². The number of rotatable bonds is 2. The van der Waals surface area contributed by atoms with Crippen molar-refractivity contribution in [3.8, 4) is 6.07 Å². The van der Waals surface area contributed by atoms with Crippen LogP contribution in [0.4, 0.5) is 15.8 Å². The van der Waals surface area contributed by atoms with Gasteiger partial charge in [0, 0.05) is 11.4 Å². The lowest BCUT2D eigenvalue weighted by Crippen LogP contribution is -2.15. The molecule has 4 nitrogen and oxygen atoms in total. The van der Waals surface area contributed by atoms with Gasteiger partial charge in [0.1, 0.15) is 5.82 Å². The van der Waals surface area contributed by atoms with E-state index in [1.165, 1.54) is 12.1 Å². The lowest BCUT2D eigenvalue weighted by atomic mass is 10.1. The van der Waals surface area contributed by atoms with Crippen LogP contribution in [0.5, 0.6) is 0 Å². The van der Waals surface area contributed by atoms with Crippen molar-refractivity contribution in [2.45, 2.75) is 6.92 Å². The van der Waals surface area contributed by atoms with Gasteiger partial charge >= 0.3 is 0 Å². The molecule has 20 heavy (non-hydrogen) atoms. The van der Waals surface area contributed by atoms with Gasteiger partial charge in [0.05, 0.1) is 17.2 Å². The Morgan fingerprint density at radius 3 is 2.70 bits per heavy atom. The number of nitrogen functional groups attached to an aromatic ring is 1. The summed E-state index contributed by atoms with van der Waals surface area (Å²) in [4.78, 5) is 12.1. The quantitative estimate of drug-likeness (QED) is 0.823. The van der Waals surface area contributed by atoms with E-state index >= 15 is 0 Å². The Kier molecular flexibility index (Phi) is 3.67. The van der Waals surface area contributed by atoms with Crippen molar-refractivity contribution in [3.05, 3.63) is 58.9 Å². The first-order valence-corrected chi connectivity index (χ1v) is 5.88. The van der Waals surface area contributed by atoms with Gasteiger partial charge in [0.15, 0.2) is 0 Å². The van der Waals surface area contributed by atoms with Crippen molar-refractivity contribution in [1.82, 2.24) is 0 Å². The molecule has 1 amide bonds. The molecular weight excluding hydrogens is 257 g/mol. The van der Waals surface area contributed by atoms with Gasteiger partial charge in [-0.05, 0) is 42.8 Å². The second kappa shape index (κ2) is 5.41. The Hall–Kier alpha value is -2.87. The molecule has 0 atom stereocenters. The third-order valence-corrected chi connectivity index (χ3v) is 2.87. The van der Waals surface area contributed by atoms with E-state index in [0.717, 1.165) is 11.6 Å². The zero-order valence-corrected chi connectivity index (χ0v) is 10.8. The number of anilines is 2. The molecule has 0 fully saturated rings. The maximum Gasteiger partial charge on any atom is 0.257 e. The third kappa shape index (κ3) is 2.75. The zero-order chi connectivity index (χ0) is 14.7. The average Bonchev–Trinajstić information content (AvgIpc) is 2.41. The number of nitrogens with zero attached hydrogens (tertiary/aromatic N) is 1. The summed E-state index contributed by atoms with van der Waals surface area (Å²) in [5.41, 5.74) is 7.66. The normalized spacial score (nSPS) is 9.85. The summed E-state index contributed by atoms with van der Waals surface area (Å²) in [5.74, 6) is -0.942. The van der Waals surface area contributed by atoms with Gasteiger partial charge in [-0.3, -0.25) is 4.79 Å². The predicted molar refractivity (Wildman–Crippen MR) is 74.7 cm³/mol. The number of hydrogen-bond acceptors (Lipinski definition) is 3. The summed E-state index contributed by atoms with van der Waals surface area (Å²) in [6.45, 7) is 1.81. The van der Waals surface area contributed by atoms with E-state index < -0.39 is 11.7 Å². The molecule has 0 saturated carbocycles. The fourth-order valence-corrected chi connectivity index (χ4v) is 1.76. The van der Waals surface area contributed by atoms with E-state index in [2.05, 4.69) is 5.32 Å². The Balaban J connectivity index is 2.30. The molecule has 2 aromatic carbocycles. The highest BCUT2D eigenvalue weighted by Gasteiger charge is 2.12. The molecule has 2 rings (SSSR count). The van der Waals surface area contributed by atoms with Gasteiger partial charge in [-0.15, -0.1) is 0 Å². The third-order valence-electron chi connectivity index (χ3n) is 2.87. The van der Waals surface area contributed by atoms with E-state index in [1.807, 2.05) is 13.0 Å². The molecule has 3 N–H and O–H groups in total. The van der Waals surface area contributed by atoms with Crippen LogP contribution in [0.1, 0.15) is 21.5 Å². The molecule has 0 bridgehead atoms. The summed E-state index contributed by atoms with van der Waals surface area (Å²) in [6, 6.07) is 10.6. The minimum absolute atomic E-state index is 0.0663. The molecule has 0 unspecified atom stereocenters. The van der Waals surface area contributed by atoms with Gasteiger partial charge in [-0.25, -0.2) is 4.39 Å². The minimum Gasteiger partial charge on any atom is -0.398 e. The SMILES string of the molecule is Cc1ccc(C#N)cc1NC(=O)c1ccc(F)cc1N. The summed E-state index contributed by atoms with van der Waals surface area (Å²) >= 11 is 0. The Bertz CT molecular complexity index is 720. The van der Waals surface area contributed by atoms with Crippen molar-refractivity contribution in [1.29, 1.82) is 5.26 Å². The first kappa shape index (κ1) is 13.6. The average molecular weight is 269 g/mol. The summed E-state index contributed by atoms with van der Waals surface area (Å²) in [5, 5.41) is 11.5. The Morgan fingerprint density at radius 1 is 1.30 bits per heavy atom. The predicted octanol–water partition coefficient (Wildman–Crippen LogP) is 2.84. The molecule has 0 aliphatic rings. The number of amides is 1. The van der Waals surface area contributed by atoms with Crippen LogP contribution in [0.15, 0.2) is 36.4 Å². The lowest BCUT2D eigenvalue weighted by molar-refractivity contribution is 0.102. The number of carbonyl (C=O) groups excluding carboxylic acids is 1. The monoisotopic (exact) mass is 269 g/mol. The highest BCUT2D eigenvalue weighted by molar-refractivity contribution is 6.08. The number of benzene rings is 2. The van der Waals surface area contributed by atoms with E-state index in [9.17, 15) is 9.18 Å². The summed E-state index contributed by atoms with van der Waals surface area (Å²) in [6.07, 6.45) is 0. The largest absolute Gasteiger partial charge is 0.398 e. The van der Waals surface area contributed by atoms with Crippen LogP contribution in [-0.2, 0) is 0 Å². The highest BCUT2D eigenvalue weighted by atomic mass is 19.1. The van der Waals surface area contributed by atoms with Crippen LogP contribution in [-0.4, -0.2) is 5.91 Å². The lowest BCUT2D eigenvalue weighted by Gasteiger charge is -2.10. The fraction of sp³-hybridized carbons (Fsp3) is 0.0667. The number of halogens is 1. The van der Waals surface area contributed by atoms with Crippen LogP contribution >= 0.6 is 0 Å². The van der Waals surface area contributed by atoms with Gasteiger partial charge in [0.2, 0.25) is 0 Å². The van der Waals surface area contributed by atoms with Gasteiger partial charge in [-0.2, -0.15) is 5.26 Å². The van der Waals surface area contributed by atoms with Crippen molar-refractivity contribution in [3.63, 3.8) is 0 Å². The number of nitrogens with two attached hydrogens (primary N) is 1. The standard InChI is InChI=1S/C15H12FN3O/c1-9-2-3-10(8-17)6-14(9)19-15(20)12-5-4-11(16)7-13(12)18/h2-7H,18H2,1H3,(H,19,20). The van der Waals surface area contributed by atoms with Crippen molar-refractivity contribution < 1.29 is 9.18 Å². The molecule has 0 heterocycles. The second-order valence-corrected chi connectivity index (χ2v) is 4.33. The van der Waals surface area contributed by atoms with Crippen molar-refractivity contribution >= 4 is 17.3 Å². The molecule has 2 aromatic rings. The number of hydrogen-bond donors (Lipinski definition) is 2. The molecular formula is C15H12FN3O. The first-order valence-electron chi connectivity index (χ1n) is 5.88. The van der Waals surface area contributed by atoms with Gasteiger partial charge < -0.3 is 11.1 Å². The maximum atomic E-state index is 13.0. The van der Waals surface area contributed by atoms with Crippen molar-refractivity contribution in [2.75, 3.05) is 11.1 Å². The first-order chi connectivity index (χ1) is 9.51. The number of aryl methyl sites for hydroxylation is 1. The molecule has 0 aliphatic carbocycles. The van der Waals surface area contributed by atoms with Crippen molar-refractivity contribution in [2.24, 2.45) is 0 Å². The Labute approximate surface area is 115 Å². The highest BCUT2D eigenvalue weighted by Crippen LogP contribution is 2.20. The Morgan fingerprint density at radius 2 is 2.05 bits per heavy atom. The fourth-order valence-electron chi connectivity index (χ4n) is 1.76. The summed E-state index contributed by atoms with van der Waals surface area (Å²) < 4.78 is 13.0. The summed E-state index contributed by atoms with van der Waals surface area (Å²) in [7, 11) is 0. The smallest absolute Gasteiger partial charge is 0.257 e. The minimum atomic E-state index is -0.498.